The van der Waals surface area contributed by atoms with Crippen molar-refractivity contribution in [2.24, 2.45) is 11.7 Å². The van der Waals surface area contributed by atoms with Crippen LogP contribution >= 0.6 is 0 Å². The van der Waals surface area contributed by atoms with E-state index in [1.807, 2.05) is 13.8 Å². The summed E-state index contributed by atoms with van der Waals surface area (Å²) < 4.78 is 6.17. The Labute approximate surface area is 110 Å². The Kier molecular flexibility index (Phi) is 3.50. The molecule has 0 spiro atoms. The lowest BCUT2D eigenvalue weighted by Crippen LogP contribution is -2.19. The summed E-state index contributed by atoms with van der Waals surface area (Å²) in [5.41, 5.74) is 5.82. The van der Waals surface area contributed by atoms with Crippen molar-refractivity contribution in [3.63, 3.8) is 0 Å². The molecule has 1 aromatic carbocycles. The zero-order chi connectivity index (χ0) is 14.0. The van der Waals surface area contributed by atoms with E-state index in [1.54, 1.807) is 24.3 Å². The van der Waals surface area contributed by atoms with Crippen molar-refractivity contribution in [1.29, 1.82) is 0 Å². The molecule has 100 valence electrons. The van der Waals surface area contributed by atoms with Crippen LogP contribution in [0.1, 0.15) is 24.3 Å². The summed E-state index contributed by atoms with van der Waals surface area (Å²) in [5.74, 6) is -0.451. The van der Waals surface area contributed by atoms with Gasteiger partial charge in [-0.15, -0.1) is 0 Å². The molecule has 19 heavy (non-hydrogen) atoms. The molecule has 0 aliphatic heterocycles. The van der Waals surface area contributed by atoms with Crippen LogP contribution in [0.2, 0.25) is 0 Å². The number of rotatable bonds is 3. The third-order valence-electron chi connectivity index (χ3n) is 2.53. The van der Waals surface area contributed by atoms with Gasteiger partial charge in [0.1, 0.15) is 0 Å². The van der Waals surface area contributed by atoms with Gasteiger partial charge >= 0.3 is 6.09 Å². The van der Waals surface area contributed by atoms with Gasteiger partial charge in [-0.1, -0.05) is 32.0 Å². The highest BCUT2D eigenvalue weighted by atomic mass is 16.6. The van der Waals surface area contributed by atoms with Crippen molar-refractivity contribution in [2.45, 2.75) is 13.8 Å². The highest BCUT2D eigenvalue weighted by molar-refractivity contribution is 6.05. The smallest absolute Gasteiger partial charge is 0.435 e. The van der Waals surface area contributed by atoms with E-state index in [-0.39, 0.29) is 11.6 Å². The number of primary amides is 1. The Bertz CT molecular complexity index is 631. The molecule has 0 saturated carbocycles. The minimum atomic E-state index is -0.674. The molecule has 0 atom stereocenters. The largest absolute Gasteiger partial charge is 0.448 e. The van der Waals surface area contributed by atoms with Crippen LogP contribution in [0.3, 0.4) is 0 Å². The maximum atomic E-state index is 11.9. The molecule has 1 aromatic heterocycles. The molecule has 1 amide bonds. The molecule has 1 heterocycles. The molecule has 6 nitrogen and oxygen atoms in total. The van der Waals surface area contributed by atoms with Gasteiger partial charge in [0.25, 0.3) is 5.91 Å². The number of fused-ring (bicyclic) bond motifs is 1. The highest BCUT2D eigenvalue weighted by Gasteiger charge is 2.19. The van der Waals surface area contributed by atoms with E-state index >= 15 is 0 Å². The number of aromatic nitrogens is 2. The van der Waals surface area contributed by atoms with Gasteiger partial charge in [-0.3, -0.25) is 4.79 Å². The summed E-state index contributed by atoms with van der Waals surface area (Å²) in [6, 6.07) is 6.88. The van der Waals surface area contributed by atoms with E-state index in [4.69, 9.17) is 10.5 Å². The Morgan fingerprint density at radius 3 is 2.68 bits per heavy atom. The standard InChI is InChI=1S/C13H15N3O3/c1-8(2)7-19-13(18)16-10-6-4-3-5-9(10)11(15-16)12(14)17/h3-6,8H,7H2,1-2H3,(H2,14,17). The average molecular weight is 261 g/mol. The number of carbonyl (C=O) groups excluding carboxylic acids is 2. The van der Waals surface area contributed by atoms with Gasteiger partial charge in [-0.2, -0.15) is 9.78 Å². The van der Waals surface area contributed by atoms with Crippen molar-refractivity contribution in [1.82, 2.24) is 9.78 Å². The summed E-state index contributed by atoms with van der Waals surface area (Å²) in [4.78, 5) is 23.2. The van der Waals surface area contributed by atoms with Crippen molar-refractivity contribution in [2.75, 3.05) is 6.61 Å². The molecule has 0 fully saturated rings. The number of nitrogens with zero attached hydrogens (tertiary/aromatic N) is 2. The fraction of sp³-hybridized carbons (Fsp3) is 0.308. The van der Waals surface area contributed by atoms with Crippen molar-refractivity contribution >= 4 is 22.9 Å². The molecule has 2 N–H and O–H groups in total. The van der Waals surface area contributed by atoms with Crippen LogP contribution in [0.25, 0.3) is 10.9 Å². The van der Waals surface area contributed by atoms with Gasteiger partial charge in [0.2, 0.25) is 0 Å². The summed E-state index contributed by atoms with van der Waals surface area (Å²) in [5, 5.41) is 4.47. The van der Waals surface area contributed by atoms with Gasteiger partial charge < -0.3 is 10.5 Å². The fourth-order valence-corrected chi connectivity index (χ4v) is 1.69. The zero-order valence-corrected chi connectivity index (χ0v) is 10.8. The molecule has 0 radical (unpaired) electrons. The molecular weight excluding hydrogens is 246 g/mol. The lowest BCUT2D eigenvalue weighted by molar-refractivity contribution is 0.0996. The Balaban J connectivity index is 2.43. The van der Waals surface area contributed by atoms with E-state index in [9.17, 15) is 9.59 Å². The average Bonchev–Trinajstić information content (AvgIpc) is 2.75. The third-order valence-corrected chi connectivity index (χ3v) is 2.53. The van der Waals surface area contributed by atoms with Crippen molar-refractivity contribution < 1.29 is 14.3 Å². The first kappa shape index (κ1) is 13.1. The number of hydrogen-bond donors (Lipinski definition) is 1. The van der Waals surface area contributed by atoms with Crippen molar-refractivity contribution in [3.05, 3.63) is 30.0 Å². The highest BCUT2D eigenvalue weighted by Crippen LogP contribution is 2.18. The van der Waals surface area contributed by atoms with Gasteiger partial charge in [0.15, 0.2) is 5.69 Å². The van der Waals surface area contributed by atoms with Crippen LogP contribution in [0.4, 0.5) is 4.79 Å². The normalized spacial score (nSPS) is 10.9. The van der Waals surface area contributed by atoms with Gasteiger partial charge in [0.05, 0.1) is 12.1 Å². The SMILES string of the molecule is CC(C)COC(=O)n1nc(C(N)=O)c2ccccc21. The second-order valence-corrected chi connectivity index (χ2v) is 4.61. The van der Waals surface area contributed by atoms with E-state index in [0.29, 0.717) is 17.5 Å². The van der Waals surface area contributed by atoms with Gasteiger partial charge in [-0.05, 0) is 12.0 Å². The molecule has 0 unspecified atom stereocenters. The number of nitrogens with two attached hydrogens (primary N) is 1. The molecule has 6 heteroatoms. The second kappa shape index (κ2) is 5.09. The number of ether oxygens (including phenoxy) is 1. The van der Waals surface area contributed by atoms with Crippen LogP contribution < -0.4 is 5.73 Å². The van der Waals surface area contributed by atoms with E-state index in [1.165, 1.54) is 0 Å². The van der Waals surface area contributed by atoms with Crippen LogP contribution in [-0.2, 0) is 4.74 Å². The van der Waals surface area contributed by atoms with Crippen LogP contribution in [0.15, 0.2) is 24.3 Å². The van der Waals surface area contributed by atoms with Gasteiger partial charge in [0, 0.05) is 5.39 Å². The number of carbonyl (C=O) groups is 2. The van der Waals surface area contributed by atoms with Crippen LogP contribution in [0.5, 0.6) is 0 Å². The maximum absolute atomic E-state index is 11.9. The summed E-state index contributed by atoms with van der Waals surface area (Å²) in [6.45, 7) is 4.16. The number of benzene rings is 1. The number of amides is 1. The monoisotopic (exact) mass is 261 g/mol. The van der Waals surface area contributed by atoms with Crippen molar-refractivity contribution in [3.8, 4) is 0 Å². The second-order valence-electron chi connectivity index (χ2n) is 4.61. The molecular formula is C13H15N3O3. The summed E-state index contributed by atoms with van der Waals surface area (Å²) in [6.07, 6.45) is -0.614. The van der Waals surface area contributed by atoms with Gasteiger partial charge in [-0.25, -0.2) is 4.79 Å². The molecule has 0 aliphatic rings. The van der Waals surface area contributed by atoms with E-state index in [0.717, 1.165) is 4.68 Å². The Morgan fingerprint density at radius 2 is 2.05 bits per heavy atom. The van der Waals surface area contributed by atoms with Crippen LogP contribution in [-0.4, -0.2) is 28.4 Å². The topological polar surface area (TPSA) is 87.2 Å². The van der Waals surface area contributed by atoms with Crippen LogP contribution in [0, 0.1) is 5.92 Å². The minimum Gasteiger partial charge on any atom is -0.448 e. The lowest BCUT2D eigenvalue weighted by Gasteiger charge is -2.06. The predicted octanol–water partition coefficient (Wildman–Crippen LogP) is 1.78. The lowest BCUT2D eigenvalue weighted by atomic mass is 10.2. The van der Waals surface area contributed by atoms with E-state index < -0.39 is 12.0 Å². The minimum absolute atomic E-state index is 0.0668. The first-order valence-corrected chi connectivity index (χ1v) is 5.95. The van der Waals surface area contributed by atoms with E-state index in [2.05, 4.69) is 5.10 Å². The Morgan fingerprint density at radius 1 is 1.37 bits per heavy atom. The maximum Gasteiger partial charge on any atom is 0.435 e. The molecule has 0 bridgehead atoms. The Hall–Kier alpha value is -2.37. The number of para-hydroxylation sites is 1. The first-order chi connectivity index (χ1) is 9.00. The first-order valence-electron chi connectivity index (χ1n) is 5.95. The summed E-state index contributed by atoms with van der Waals surface area (Å²) in [7, 11) is 0. The predicted molar refractivity (Wildman–Crippen MR) is 69.8 cm³/mol. The molecule has 0 saturated heterocycles. The zero-order valence-electron chi connectivity index (χ0n) is 10.8. The molecule has 0 aliphatic carbocycles. The molecule has 2 aromatic rings. The number of hydrogen-bond acceptors (Lipinski definition) is 4. The summed E-state index contributed by atoms with van der Waals surface area (Å²) >= 11 is 0. The molecule has 2 rings (SSSR count). The fourth-order valence-electron chi connectivity index (χ4n) is 1.69. The third kappa shape index (κ3) is 2.57. The quantitative estimate of drug-likeness (QED) is 0.912.